The van der Waals surface area contributed by atoms with E-state index >= 15 is 0 Å². The fourth-order valence-corrected chi connectivity index (χ4v) is 4.59. The Balaban J connectivity index is 1.42. The number of nitrogens with zero attached hydrogens (tertiary/aromatic N) is 1. The van der Waals surface area contributed by atoms with Crippen LogP contribution in [0.1, 0.15) is 38.5 Å². The minimum absolute atomic E-state index is 0.0898. The van der Waals surface area contributed by atoms with Crippen molar-refractivity contribution in [2.75, 3.05) is 24.7 Å². The number of thioether (sulfide) groups is 1. The molecule has 2 N–H and O–H groups in total. The molecule has 0 spiro atoms. The molecule has 25 heavy (non-hydrogen) atoms. The average Bonchev–Trinajstić information content (AvgIpc) is 2.64. The van der Waals surface area contributed by atoms with Gasteiger partial charge in [-0.25, -0.2) is 9.18 Å². The molecule has 3 rings (SSSR count). The van der Waals surface area contributed by atoms with E-state index in [4.69, 9.17) is 0 Å². The number of likely N-dealkylation sites (tertiary alicyclic amines) is 1. The SMILES string of the molecule is CSC1CCCC(NC(=O)N2CCC(Nc3ccc(F)cc3)CC2)C1. The van der Waals surface area contributed by atoms with Crippen LogP contribution in [0.5, 0.6) is 0 Å². The zero-order valence-corrected chi connectivity index (χ0v) is 15.7. The molecule has 0 radical (unpaired) electrons. The fourth-order valence-electron chi connectivity index (χ4n) is 3.76. The summed E-state index contributed by atoms with van der Waals surface area (Å²) in [7, 11) is 0. The Morgan fingerprint density at radius 1 is 1.12 bits per heavy atom. The van der Waals surface area contributed by atoms with Crippen LogP contribution in [0.3, 0.4) is 0 Å². The molecule has 0 aromatic heterocycles. The van der Waals surface area contributed by atoms with E-state index in [9.17, 15) is 9.18 Å². The van der Waals surface area contributed by atoms with Gasteiger partial charge in [0.2, 0.25) is 0 Å². The van der Waals surface area contributed by atoms with Crippen molar-refractivity contribution in [3.8, 4) is 0 Å². The molecule has 2 unspecified atom stereocenters. The summed E-state index contributed by atoms with van der Waals surface area (Å²) in [5, 5.41) is 7.35. The van der Waals surface area contributed by atoms with Gasteiger partial charge in [0.05, 0.1) is 0 Å². The number of hydrogen-bond donors (Lipinski definition) is 2. The second-order valence-electron chi connectivity index (χ2n) is 7.08. The zero-order valence-electron chi connectivity index (χ0n) is 14.8. The molecule has 4 nitrogen and oxygen atoms in total. The van der Waals surface area contributed by atoms with Gasteiger partial charge in [0.1, 0.15) is 5.82 Å². The normalized spacial score (nSPS) is 24.8. The molecule has 1 aliphatic heterocycles. The Hall–Kier alpha value is -1.43. The summed E-state index contributed by atoms with van der Waals surface area (Å²) in [6, 6.07) is 7.22. The first-order valence-electron chi connectivity index (χ1n) is 9.24. The Bertz CT molecular complexity index is 560. The van der Waals surface area contributed by atoms with Crippen molar-refractivity contribution in [2.24, 2.45) is 0 Å². The monoisotopic (exact) mass is 365 g/mol. The standard InChI is InChI=1S/C19H28FN3OS/c1-25-18-4-2-3-17(13-18)22-19(24)23-11-9-16(10-12-23)21-15-7-5-14(20)6-8-15/h5-8,16-18,21H,2-4,9-13H2,1H3,(H,22,24). The molecular weight excluding hydrogens is 337 g/mol. The topological polar surface area (TPSA) is 44.4 Å². The van der Waals surface area contributed by atoms with Crippen LogP contribution >= 0.6 is 11.8 Å². The predicted octanol–water partition coefficient (Wildman–Crippen LogP) is 4.09. The van der Waals surface area contributed by atoms with E-state index in [1.807, 2.05) is 16.7 Å². The minimum atomic E-state index is -0.219. The van der Waals surface area contributed by atoms with Crippen LogP contribution in [0.2, 0.25) is 0 Å². The van der Waals surface area contributed by atoms with Crippen LogP contribution in [-0.2, 0) is 0 Å². The van der Waals surface area contributed by atoms with Crippen molar-refractivity contribution < 1.29 is 9.18 Å². The number of carbonyl (C=O) groups is 1. The minimum Gasteiger partial charge on any atom is -0.382 e. The van der Waals surface area contributed by atoms with Gasteiger partial charge in [-0.15, -0.1) is 0 Å². The predicted molar refractivity (Wildman–Crippen MR) is 103 cm³/mol. The van der Waals surface area contributed by atoms with Crippen LogP contribution in [0, 0.1) is 5.82 Å². The lowest BCUT2D eigenvalue weighted by Crippen LogP contribution is -2.50. The second kappa shape index (κ2) is 8.79. The summed E-state index contributed by atoms with van der Waals surface area (Å²) in [5.74, 6) is -0.219. The first kappa shape index (κ1) is 18.4. The second-order valence-corrected chi connectivity index (χ2v) is 8.22. The molecule has 1 aromatic carbocycles. The zero-order chi connectivity index (χ0) is 17.6. The van der Waals surface area contributed by atoms with Crippen molar-refractivity contribution in [3.63, 3.8) is 0 Å². The third-order valence-corrected chi connectivity index (χ3v) is 6.38. The molecule has 2 fully saturated rings. The maximum absolute atomic E-state index is 13.0. The number of hydrogen-bond acceptors (Lipinski definition) is 3. The highest BCUT2D eigenvalue weighted by Gasteiger charge is 2.27. The Labute approximate surface area is 153 Å². The summed E-state index contributed by atoms with van der Waals surface area (Å²) in [6.45, 7) is 1.53. The molecule has 138 valence electrons. The van der Waals surface area contributed by atoms with Crippen molar-refractivity contribution in [1.29, 1.82) is 0 Å². The van der Waals surface area contributed by atoms with E-state index in [0.29, 0.717) is 17.3 Å². The summed E-state index contributed by atoms with van der Waals surface area (Å²) in [6.07, 6.45) is 8.68. The van der Waals surface area contributed by atoms with Gasteiger partial charge >= 0.3 is 6.03 Å². The van der Waals surface area contributed by atoms with Gasteiger partial charge in [0.15, 0.2) is 0 Å². The van der Waals surface area contributed by atoms with Gasteiger partial charge in [0.25, 0.3) is 0 Å². The summed E-state index contributed by atoms with van der Waals surface area (Å²) >= 11 is 1.92. The van der Waals surface area contributed by atoms with Gasteiger partial charge in [-0.1, -0.05) is 6.42 Å². The summed E-state index contributed by atoms with van der Waals surface area (Å²) < 4.78 is 13.0. The van der Waals surface area contributed by atoms with Crippen molar-refractivity contribution in [3.05, 3.63) is 30.1 Å². The summed E-state index contributed by atoms with van der Waals surface area (Å²) in [5.41, 5.74) is 0.939. The van der Waals surface area contributed by atoms with Crippen molar-refractivity contribution in [1.82, 2.24) is 10.2 Å². The molecule has 1 saturated carbocycles. The molecule has 1 saturated heterocycles. The van der Waals surface area contributed by atoms with E-state index in [1.54, 1.807) is 12.1 Å². The quantitative estimate of drug-likeness (QED) is 0.845. The van der Waals surface area contributed by atoms with Crippen LogP contribution in [0.15, 0.2) is 24.3 Å². The number of halogens is 1. The highest BCUT2D eigenvalue weighted by Crippen LogP contribution is 2.27. The van der Waals surface area contributed by atoms with Crippen molar-refractivity contribution in [2.45, 2.75) is 55.9 Å². The number of benzene rings is 1. The lowest BCUT2D eigenvalue weighted by Gasteiger charge is -2.35. The molecule has 6 heteroatoms. The number of nitrogens with one attached hydrogen (secondary N) is 2. The van der Waals surface area contributed by atoms with E-state index in [0.717, 1.165) is 44.5 Å². The summed E-state index contributed by atoms with van der Waals surface area (Å²) in [4.78, 5) is 14.4. The fraction of sp³-hybridized carbons (Fsp3) is 0.632. The number of amides is 2. The average molecular weight is 366 g/mol. The van der Waals surface area contributed by atoms with Crippen LogP contribution in [-0.4, -0.2) is 47.6 Å². The Morgan fingerprint density at radius 2 is 1.84 bits per heavy atom. The number of carbonyl (C=O) groups excluding carboxylic acids is 1. The van der Waals surface area contributed by atoms with E-state index in [2.05, 4.69) is 16.9 Å². The largest absolute Gasteiger partial charge is 0.382 e. The lowest BCUT2D eigenvalue weighted by molar-refractivity contribution is 0.177. The molecule has 2 atom stereocenters. The first-order valence-corrected chi connectivity index (χ1v) is 10.5. The highest BCUT2D eigenvalue weighted by molar-refractivity contribution is 7.99. The van der Waals surface area contributed by atoms with Crippen LogP contribution in [0.4, 0.5) is 14.9 Å². The van der Waals surface area contributed by atoms with Gasteiger partial charge in [-0.05, 0) is 62.6 Å². The maximum atomic E-state index is 13.0. The molecule has 1 aliphatic carbocycles. The van der Waals surface area contributed by atoms with Crippen molar-refractivity contribution >= 4 is 23.5 Å². The van der Waals surface area contributed by atoms with Gasteiger partial charge in [-0.3, -0.25) is 0 Å². The number of piperidine rings is 1. The van der Waals surface area contributed by atoms with E-state index in [1.165, 1.54) is 25.0 Å². The Kier molecular flexibility index (Phi) is 6.45. The molecule has 1 aromatic rings. The third-order valence-electron chi connectivity index (χ3n) is 5.28. The molecule has 1 heterocycles. The van der Waals surface area contributed by atoms with Gasteiger partial charge in [0, 0.05) is 36.1 Å². The smallest absolute Gasteiger partial charge is 0.317 e. The number of rotatable bonds is 4. The van der Waals surface area contributed by atoms with Crippen LogP contribution < -0.4 is 10.6 Å². The Morgan fingerprint density at radius 3 is 2.52 bits per heavy atom. The number of anilines is 1. The lowest BCUT2D eigenvalue weighted by atomic mass is 9.95. The molecule has 2 amide bonds. The first-order chi connectivity index (χ1) is 12.1. The highest BCUT2D eigenvalue weighted by atomic mass is 32.2. The molecule has 0 bridgehead atoms. The van der Waals surface area contributed by atoms with E-state index < -0.39 is 0 Å². The maximum Gasteiger partial charge on any atom is 0.317 e. The van der Waals surface area contributed by atoms with E-state index in [-0.39, 0.29) is 11.8 Å². The molecular formula is C19H28FN3OS. The van der Waals surface area contributed by atoms with Gasteiger partial charge in [-0.2, -0.15) is 11.8 Å². The third kappa shape index (κ3) is 5.27. The van der Waals surface area contributed by atoms with Crippen LogP contribution in [0.25, 0.3) is 0 Å². The molecule has 2 aliphatic rings. The van der Waals surface area contributed by atoms with Gasteiger partial charge < -0.3 is 15.5 Å². The number of urea groups is 1.